The molecular formula is C25H19ClN6O3S. The molecule has 0 saturated heterocycles. The topological polar surface area (TPSA) is 104 Å². The van der Waals surface area contributed by atoms with Crippen LogP contribution in [0.5, 0.6) is 5.75 Å². The van der Waals surface area contributed by atoms with Crippen molar-refractivity contribution in [3.63, 3.8) is 0 Å². The summed E-state index contributed by atoms with van der Waals surface area (Å²) in [5.41, 5.74) is 2.57. The molecule has 0 saturated carbocycles. The quantitative estimate of drug-likeness (QED) is 0.332. The normalized spacial score (nSPS) is 10.8. The van der Waals surface area contributed by atoms with Crippen molar-refractivity contribution in [3.8, 4) is 17.1 Å². The summed E-state index contributed by atoms with van der Waals surface area (Å²) in [4.78, 5) is 29.3. The van der Waals surface area contributed by atoms with Crippen LogP contribution in [0.2, 0.25) is 4.34 Å². The maximum Gasteiger partial charge on any atom is 0.261 e. The van der Waals surface area contributed by atoms with Crippen molar-refractivity contribution < 1.29 is 9.53 Å². The van der Waals surface area contributed by atoms with Crippen molar-refractivity contribution in [2.24, 2.45) is 0 Å². The average Bonchev–Trinajstić information content (AvgIpc) is 3.56. The van der Waals surface area contributed by atoms with Crippen molar-refractivity contribution in [3.05, 3.63) is 116 Å². The maximum atomic E-state index is 12.3. The van der Waals surface area contributed by atoms with Gasteiger partial charge < -0.3 is 10.1 Å². The van der Waals surface area contributed by atoms with E-state index in [0.717, 1.165) is 5.56 Å². The number of thiophene rings is 1. The molecule has 5 aromatic rings. The predicted molar refractivity (Wildman–Crippen MR) is 136 cm³/mol. The van der Waals surface area contributed by atoms with Crippen molar-refractivity contribution in [2.75, 3.05) is 0 Å². The molecule has 0 bridgehead atoms. The highest BCUT2D eigenvalue weighted by molar-refractivity contribution is 7.17. The number of hydrogen-bond acceptors (Lipinski definition) is 7. The number of ether oxygens (including phenoxy) is 1. The van der Waals surface area contributed by atoms with E-state index in [-0.39, 0.29) is 24.6 Å². The zero-order valence-corrected chi connectivity index (χ0v) is 20.3. The number of aromatic nitrogens is 5. The molecule has 5 rings (SSSR count). The molecule has 0 atom stereocenters. The number of hydrogen-bond donors (Lipinski definition) is 1. The molecule has 1 N–H and O–H groups in total. The van der Waals surface area contributed by atoms with E-state index >= 15 is 0 Å². The first-order valence-corrected chi connectivity index (χ1v) is 12.1. The molecule has 36 heavy (non-hydrogen) atoms. The van der Waals surface area contributed by atoms with Gasteiger partial charge in [-0.1, -0.05) is 28.9 Å². The van der Waals surface area contributed by atoms with Gasteiger partial charge in [-0.05, 0) is 36.4 Å². The maximum absolute atomic E-state index is 12.3. The Morgan fingerprint density at radius 3 is 2.81 bits per heavy atom. The fraction of sp³-hybridized carbons (Fsp3) is 0.0800. The second-order valence-electron chi connectivity index (χ2n) is 7.65. The van der Waals surface area contributed by atoms with Gasteiger partial charge in [0.05, 0.1) is 27.6 Å². The Kier molecular flexibility index (Phi) is 6.87. The van der Waals surface area contributed by atoms with E-state index in [1.54, 1.807) is 71.9 Å². The lowest BCUT2D eigenvalue weighted by Crippen LogP contribution is -2.21. The van der Waals surface area contributed by atoms with E-state index in [9.17, 15) is 9.59 Å². The molecule has 1 aromatic carbocycles. The smallest absolute Gasteiger partial charge is 0.261 e. The lowest BCUT2D eigenvalue weighted by Gasteiger charge is -2.14. The zero-order valence-electron chi connectivity index (χ0n) is 18.7. The Morgan fingerprint density at radius 2 is 2.03 bits per heavy atom. The summed E-state index contributed by atoms with van der Waals surface area (Å²) in [6.45, 7) is 0.465. The van der Waals surface area contributed by atoms with E-state index < -0.39 is 0 Å². The molecule has 9 nitrogen and oxygen atoms in total. The second-order valence-corrected chi connectivity index (χ2v) is 9.37. The summed E-state index contributed by atoms with van der Waals surface area (Å²) in [5, 5.41) is 11.2. The first-order chi connectivity index (χ1) is 17.6. The van der Waals surface area contributed by atoms with Gasteiger partial charge in [0.2, 0.25) is 0 Å². The number of halogens is 1. The molecule has 0 fully saturated rings. The van der Waals surface area contributed by atoms with Crippen LogP contribution in [0.4, 0.5) is 0 Å². The van der Waals surface area contributed by atoms with Gasteiger partial charge >= 0.3 is 0 Å². The molecule has 180 valence electrons. The van der Waals surface area contributed by atoms with E-state index in [4.69, 9.17) is 16.3 Å². The lowest BCUT2D eigenvalue weighted by atomic mass is 10.2. The molecule has 0 aliphatic heterocycles. The number of nitrogens with zero attached hydrogens (tertiary/aromatic N) is 5. The van der Waals surface area contributed by atoms with Crippen LogP contribution in [0.15, 0.2) is 90.2 Å². The van der Waals surface area contributed by atoms with E-state index in [2.05, 4.69) is 20.6 Å². The summed E-state index contributed by atoms with van der Waals surface area (Å²) >= 11 is 7.12. The number of carbonyl (C=O) groups is 1. The Hall–Kier alpha value is -4.28. The standard InChI is InChI=1S/C25H19ClN6O3S/c26-23-9-8-22(36-23)25(34)28-14-18-15-32(30-29-18)20-7-6-19(31-11-2-1-5-24(31)33)12-21(20)35-16-17-4-3-10-27-13-17/h1-13,15H,14,16H2,(H,28,34). The summed E-state index contributed by atoms with van der Waals surface area (Å²) in [6, 6.07) is 17.4. The first kappa shape index (κ1) is 23.5. The Morgan fingerprint density at radius 1 is 1.11 bits per heavy atom. The van der Waals surface area contributed by atoms with Crippen molar-refractivity contribution >= 4 is 28.8 Å². The summed E-state index contributed by atoms with van der Waals surface area (Å²) in [5.74, 6) is 0.264. The van der Waals surface area contributed by atoms with Crippen LogP contribution in [0.1, 0.15) is 20.9 Å². The van der Waals surface area contributed by atoms with Gasteiger partial charge in [0, 0.05) is 36.3 Å². The molecule has 0 unspecified atom stereocenters. The fourth-order valence-electron chi connectivity index (χ4n) is 3.43. The highest BCUT2D eigenvalue weighted by Crippen LogP contribution is 2.27. The average molecular weight is 519 g/mol. The Bertz CT molecular complexity index is 1560. The number of benzene rings is 1. The number of rotatable bonds is 8. The molecule has 0 aliphatic carbocycles. The lowest BCUT2D eigenvalue weighted by molar-refractivity contribution is 0.0954. The molecule has 4 aromatic heterocycles. The number of carbonyl (C=O) groups excluding carboxylic acids is 1. The van der Waals surface area contributed by atoms with Crippen LogP contribution < -0.4 is 15.6 Å². The third kappa shape index (κ3) is 5.35. The molecule has 4 heterocycles. The summed E-state index contributed by atoms with van der Waals surface area (Å²) in [7, 11) is 0. The minimum atomic E-state index is -0.236. The van der Waals surface area contributed by atoms with Crippen LogP contribution >= 0.6 is 22.9 Å². The summed E-state index contributed by atoms with van der Waals surface area (Å²) in [6.07, 6.45) is 6.82. The van der Waals surface area contributed by atoms with Crippen LogP contribution in [0.25, 0.3) is 11.4 Å². The van der Waals surface area contributed by atoms with Gasteiger partial charge in [0.1, 0.15) is 23.7 Å². The van der Waals surface area contributed by atoms with Crippen LogP contribution in [0, 0.1) is 0 Å². The third-order valence-electron chi connectivity index (χ3n) is 5.18. The van der Waals surface area contributed by atoms with Crippen molar-refractivity contribution in [1.29, 1.82) is 0 Å². The van der Waals surface area contributed by atoms with Crippen molar-refractivity contribution in [2.45, 2.75) is 13.2 Å². The number of pyridine rings is 2. The molecular weight excluding hydrogens is 500 g/mol. The van der Waals surface area contributed by atoms with Gasteiger partial charge in [-0.25, -0.2) is 4.68 Å². The monoisotopic (exact) mass is 518 g/mol. The number of amides is 1. The fourth-order valence-corrected chi connectivity index (χ4v) is 4.39. The third-order valence-corrected chi connectivity index (χ3v) is 6.41. The van der Waals surface area contributed by atoms with Crippen LogP contribution in [-0.2, 0) is 13.2 Å². The van der Waals surface area contributed by atoms with Crippen LogP contribution in [0.3, 0.4) is 0 Å². The number of nitrogens with one attached hydrogen (secondary N) is 1. The minimum absolute atomic E-state index is 0.158. The van der Waals surface area contributed by atoms with Gasteiger partial charge in [-0.15, -0.1) is 16.4 Å². The molecule has 0 spiro atoms. The van der Waals surface area contributed by atoms with Gasteiger partial charge in [-0.2, -0.15) is 0 Å². The van der Waals surface area contributed by atoms with Gasteiger partial charge in [0.15, 0.2) is 0 Å². The predicted octanol–water partition coefficient (Wildman–Crippen LogP) is 4.04. The van der Waals surface area contributed by atoms with Gasteiger partial charge in [0.25, 0.3) is 11.5 Å². The first-order valence-electron chi connectivity index (χ1n) is 10.9. The summed E-state index contributed by atoms with van der Waals surface area (Å²) < 4.78 is 9.77. The van der Waals surface area contributed by atoms with Crippen molar-refractivity contribution in [1.82, 2.24) is 29.9 Å². The SMILES string of the molecule is O=C(NCc1cn(-c2ccc(-n3ccccc3=O)cc2OCc2cccnc2)nn1)c1ccc(Cl)s1. The Labute approximate surface area is 214 Å². The second kappa shape index (κ2) is 10.5. The van der Waals surface area contributed by atoms with E-state index in [1.165, 1.54) is 22.0 Å². The Balaban J connectivity index is 1.40. The molecule has 11 heteroatoms. The van der Waals surface area contributed by atoms with Gasteiger partial charge in [-0.3, -0.25) is 19.1 Å². The molecule has 1 amide bonds. The molecule has 0 aliphatic rings. The highest BCUT2D eigenvalue weighted by atomic mass is 35.5. The minimum Gasteiger partial charge on any atom is -0.487 e. The molecule has 0 radical (unpaired) electrons. The zero-order chi connectivity index (χ0) is 24.9. The van der Waals surface area contributed by atoms with E-state index in [1.807, 2.05) is 12.1 Å². The highest BCUT2D eigenvalue weighted by Gasteiger charge is 2.14. The van der Waals surface area contributed by atoms with E-state index in [0.29, 0.717) is 32.0 Å². The largest absolute Gasteiger partial charge is 0.487 e. The van der Waals surface area contributed by atoms with Crippen LogP contribution in [-0.4, -0.2) is 30.5 Å².